The van der Waals surface area contributed by atoms with E-state index in [2.05, 4.69) is 19.2 Å². The van der Waals surface area contributed by atoms with E-state index in [1.165, 1.54) is 0 Å². The van der Waals surface area contributed by atoms with Crippen molar-refractivity contribution in [2.45, 2.75) is 38.5 Å². The molecule has 0 bridgehead atoms. The lowest BCUT2D eigenvalue weighted by molar-refractivity contribution is -0.139. The lowest BCUT2D eigenvalue weighted by Gasteiger charge is -2.38. The van der Waals surface area contributed by atoms with E-state index in [0.29, 0.717) is 51.4 Å². The molecule has 1 aromatic rings. The molecule has 0 unspecified atom stereocenters. The van der Waals surface area contributed by atoms with Crippen LogP contribution in [0, 0.1) is 11.8 Å². The first-order valence-corrected chi connectivity index (χ1v) is 9.88. The standard InChI is InChI=1S/C21H27N3O3/c1-14(2)12-24-13-15(11-18(24)25)19(26)23-9-7-21(8-10-23)16-5-3-4-6-17(16)22-20(21)27/h3-6,14-15H,7-13H2,1-2H3,(H,22,27)/t15-/m0/s1. The van der Waals surface area contributed by atoms with Gasteiger partial charge < -0.3 is 15.1 Å². The van der Waals surface area contributed by atoms with Crippen molar-refractivity contribution < 1.29 is 14.4 Å². The average molecular weight is 369 g/mol. The number of carbonyl (C=O) groups excluding carboxylic acids is 3. The molecule has 6 heteroatoms. The molecule has 27 heavy (non-hydrogen) atoms. The van der Waals surface area contributed by atoms with Crippen molar-refractivity contribution in [2.24, 2.45) is 11.8 Å². The minimum atomic E-state index is -0.511. The van der Waals surface area contributed by atoms with Crippen LogP contribution in [0.25, 0.3) is 0 Å². The quantitative estimate of drug-likeness (QED) is 0.886. The molecule has 3 aliphatic heterocycles. The van der Waals surface area contributed by atoms with Crippen LogP contribution in [-0.4, -0.2) is 53.7 Å². The van der Waals surface area contributed by atoms with E-state index in [-0.39, 0.29) is 23.6 Å². The Balaban J connectivity index is 1.42. The zero-order valence-corrected chi connectivity index (χ0v) is 16.0. The Morgan fingerprint density at radius 2 is 1.93 bits per heavy atom. The van der Waals surface area contributed by atoms with E-state index in [9.17, 15) is 14.4 Å². The van der Waals surface area contributed by atoms with Gasteiger partial charge in [-0.3, -0.25) is 14.4 Å². The van der Waals surface area contributed by atoms with Crippen LogP contribution in [0.3, 0.4) is 0 Å². The molecule has 1 N–H and O–H groups in total. The molecule has 0 aliphatic carbocycles. The number of carbonyl (C=O) groups is 3. The summed E-state index contributed by atoms with van der Waals surface area (Å²) in [6.45, 7) is 6.53. The van der Waals surface area contributed by atoms with Crippen LogP contribution in [0.4, 0.5) is 5.69 Å². The highest BCUT2D eigenvalue weighted by Crippen LogP contribution is 2.45. The van der Waals surface area contributed by atoms with Gasteiger partial charge in [-0.15, -0.1) is 0 Å². The average Bonchev–Trinajstić information content (AvgIpc) is 3.13. The van der Waals surface area contributed by atoms with Crippen molar-refractivity contribution in [1.29, 1.82) is 0 Å². The number of amides is 3. The fourth-order valence-corrected chi connectivity index (χ4v) is 4.79. The van der Waals surface area contributed by atoms with E-state index in [0.717, 1.165) is 11.3 Å². The number of piperidine rings is 1. The zero-order valence-electron chi connectivity index (χ0n) is 16.0. The molecule has 2 saturated heterocycles. The van der Waals surface area contributed by atoms with Gasteiger partial charge in [0.15, 0.2) is 0 Å². The molecule has 3 amide bonds. The van der Waals surface area contributed by atoms with E-state index >= 15 is 0 Å². The van der Waals surface area contributed by atoms with Crippen molar-refractivity contribution in [3.8, 4) is 0 Å². The summed E-state index contributed by atoms with van der Waals surface area (Å²) < 4.78 is 0. The molecule has 0 saturated carbocycles. The highest BCUT2D eigenvalue weighted by molar-refractivity contribution is 6.06. The Morgan fingerprint density at radius 3 is 2.63 bits per heavy atom. The van der Waals surface area contributed by atoms with Gasteiger partial charge in [-0.25, -0.2) is 0 Å². The van der Waals surface area contributed by atoms with Crippen molar-refractivity contribution in [2.75, 3.05) is 31.5 Å². The van der Waals surface area contributed by atoms with Gasteiger partial charge >= 0.3 is 0 Å². The lowest BCUT2D eigenvalue weighted by Crippen LogP contribution is -2.50. The second-order valence-electron chi connectivity index (χ2n) is 8.50. The third-order valence-corrected chi connectivity index (χ3v) is 6.20. The number of fused-ring (bicyclic) bond motifs is 2. The molecule has 4 rings (SSSR count). The van der Waals surface area contributed by atoms with Crippen LogP contribution in [0.1, 0.15) is 38.7 Å². The number of anilines is 1. The number of para-hydroxylation sites is 1. The third kappa shape index (κ3) is 3.01. The molecule has 1 aromatic carbocycles. The van der Waals surface area contributed by atoms with Crippen molar-refractivity contribution in [3.05, 3.63) is 29.8 Å². The maximum absolute atomic E-state index is 13.0. The second kappa shape index (κ2) is 6.66. The van der Waals surface area contributed by atoms with Gasteiger partial charge in [-0.1, -0.05) is 32.0 Å². The van der Waals surface area contributed by atoms with Crippen LogP contribution < -0.4 is 5.32 Å². The number of likely N-dealkylation sites (tertiary alicyclic amines) is 2. The first-order valence-electron chi connectivity index (χ1n) is 9.88. The van der Waals surface area contributed by atoms with Crippen LogP contribution in [0.15, 0.2) is 24.3 Å². The van der Waals surface area contributed by atoms with Crippen molar-refractivity contribution in [1.82, 2.24) is 9.80 Å². The summed E-state index contributed by atoms with van der Waals surface area (Å²) in [5, 5.41) is 2.99. The van der Waals surface area contributed by atoms with E-state index in [4.69, 9.17) is 0 Å². The monoisotopic (exact) mass is 369 g/mol. The number of benzene rings is 1. The minimum Gasteiger partial charge on any atom is -0.342 e. The normalized spacial score (nSPS) is 23.9. The van der Waals surface area contributed by atoms with Crippen LogP contribution in [0.2, 0.25) is 0 Å². The van der Waals surface area contributed by atoms with Crippen molar-refractivity contribution in [3.63, 3.8) is 0 Å². The molecule has 3 heterocycles. The Kier molecular flexibility index (Phi) is 4.44. The molecule has 0 radical (unpaired) electrons. The second-order valence-corrected chi connectivity index (χ2v) is 8.50. The van der Waals surface area contributed by atoms with Gasteiger partial charge in [0.05, 0.1) is 11.3 Å². The Labute approximate surface area is 159 Å². The third-order valence-electron chi connectivity index (χ3n) is 6.20. The highest BCUT2D eigenvalue weighted by Gasteiger charge is 2.49. The lowest BCUT2D eigenvalue weighted by atomic mass is 9.73. The van der Waals surface area contributed by atoms with Gasteiger partial charge in [0.1, 0.15) is 0 Å². The summed E-state index contributed by atoms with van der Waals surface area (Å²) in [5.41, 5.74) is 1.44. The topological polar surface area (TPSA) is 69.7 Å². The molecule has 1 spiro atoms. The molecular formula is C21H27N3O3. The SMILES string of the molecule is CC(C)CN1C[C@@H](C(=O)N2CCC3(CC2)C(=O)Nc2ccccc23)CC1=O. The molecule has 2 fully saturated rings. The summed E-state index contributed by atoms with van der Waals surface area (Å²) in [5.74, 6) is 0.360. The smallest absolute Gasteiger partial charge is 0.235 e. The van der Waals surface area contributed by atoms with E-state index in [1.54, 1.807) is 0 Å². The molecular weight excluding hydrogens is 342 g/mol. The summed E-state index contributed by atoms with van der Waals surface area (Å²) in [6.07, 6.45) is 1.59. The Morgan fingerprint density at radius 1 is 1.22 bits per heavy atom. The molecule has 1 atom stereocenters. The van der Waals surface area contributed by atoms with Gasteiger partial charge in [0, 0.05) is 38.3 Å². The summed E-state index contributed by atoms with van der Waals surface area (Å²) >= 11 is 0. The largest absolute Gasteiger partial charge is 0.342 e. The Bertz CT molecular complexity index is 781. The number of hydrogen-bond donors (Lipinski definition) is 1. The number of nitrogens with zero attached hydrogens (tertiary/aromatic N) is 2. The predicted octanol–water partition coefficient (Wildman–Crippen LogP) is 2.00. The highest BCUT2D eigenvalue weighted by atomic mass is 16.2. The maximum Gasteiger partial charge on any atom is 0.235 e. The van der Waals surface area contributed by atoms with Gasteiger partial charge in [0.25, 0.3) is 0 Å². The maximum atomic E-state index is 13.0. The fourth-order valence-electron chi connectivity index (χ4n) is 4.79. The van der Waals surface area contributed by atoms with Gasteiger partial charge in [-0.05, 0) is 30.4 Å². The molecule has 0 aromatic heterocycles. The van der Waals surface area contributed by atoms with E-state index < -0.39 is 5.41 Å². The zero-order chi connectivity index (χ0) is 19.2. The number of rotatable bonds is 3. The van der Waals surface area contributed by atoms with E-state index in [1.807, 2.05) is 34.1 Å². The summed E-state index contributed by atoms with van der Waals surface area (Å²) in [7, 11) is 0. The minimum absolute atomic E-state index is 0.0509. The number of nitrogens with one attached hydrogen (secondary N) is 1. The van der Waals surface area contributed by atoms with Gasteiger partial charge in [0.2, 0.25) is 17.7 Å². The molecule has 3 aliphatic rings. The Hall–Kier alpha value is -2.37. The predicted molar refractivity (Wildman–Crippen MR) is 102 cm³/mol. The van der Waals surface area contributed by atoms with Gasteiger partial charge in [-0.2, -0.15) is 0 Å². The molecule has 6 nitrogen and oxygen atoms in total. The van der Waals surface area contributed by atoms with Crippen LogP contribution in [0.5, 0.6) is 0 Å². The van der Waals surface area contributed by atoms with Crippen molar-refractivity contribution >= 4 is 23.4 Å². The van der Waals surface area contributed by atoms with Crippen LogP contribution in [-0.2, 0) is 19.8 Å². The fraction of sp³-hybridized carbons (Fsp3) is 0.571. The summed E-state index contributed by atoms with van der Waals surface area (Å²) in [4.78, 5) is 41.5. The van der Waals surface area contributed by atoms with Crippen LogP contribution >= 0.6 is 0 Å². The number of hydrogen-bond acceptors (Lipinski definition) is 3. The first kappa shape index (κ1) is 18.0. The molecule has 144 valence electrons. The summed E-state index contributed by atoms with van der Waals surface area (Å²) in [6, 6.07) is 7.85. The first-order chi connectivity index (χ1) is 12.9.